The number of nitrogens with zero attached hydrogens (tertiary/aromatic N) is 3. The average molecular weight is 309 g/mol. The van der Waals surface area contributed by atoms with Crippen molar-refractivity contribution in [3.05, 3.63) is 52.3 Å². The lowest BCUT2D eigenvalue weighted by atomic mass is 10.1. The third kappa shape index (κ3) is 2.80. The van der Waals surface area contributed by atoms with E-state index in [0.717, 1.165) is 5.01 Å². The van der Waals surface area contributed by atoms with E-state index < -0.39 is 5.92 Å². The lowest BCUT2D eigenvalue weighted by Gasteiger charge is -1.98. The predicted molar refractivity (Wildman–Crippen MR) is 83.3 cm³/mol. The van der Waals surface area contributed by atoms with Crippen molar-refractivity contribution in [3.8, 4) is 6.07 Å². The summed E-state index contributed by atoms with van der Waals surface area (Å²) in [7, 11) is 0. The monoisotopic (exact) mass is 309 g/mol. The Bertz CT molecular complexity index is 868. The highest BCUT2D eigenvalue weighted by Gasteiger charge is 2.23. The molecule has 0 aliphatic rings. The van der Waals surface area contributed by atoms with Crippen LogP contribution in [-0.2, 0) is 4.79 Å². The summed E-state index contributed by atoms with van der Waals surface area (Å²) < 4.78 is 5.50. The molecule has 0 amide bonds. The van der Waals surface area contributed by atoms with Crippen LogP contribution in [0.2, 0.25) is 0 Å². The molecule has 0 saturated heterocycles. The van der Waals surface area contributed by atoms with Crippen LogP contribution in [0.5, 0.6) is 0 Å². The molecule has 0 radical (unpaired) electrons. The number of oxazole rings is 1. The van der Waals surface area contributed by atoms with Gasteiger partial charge in [0.15, 0.2) is 17.3 Å². The molecule has 0 aliphatic heterocycles. The zero-order chi connectivity index (χ0) is 15.5. The van der Waals surface area contributed by atoms with E-state index in [1.807, 2.05) is 30.5 Å². The first-order chi connectivity index (χ1) is 10.7. The first kappa shape index (κ1) is 14.2. The fraction of sp³-hybridized carbons (Fsp3) is 0.125. The summed E-state index contributed by atoms with van der Waals surface area (Å²) in [5.41, 5.74) is 1.89. The fourth-order valence-electron chi connectivity index (χ4n) is 1.97. The molecule has 6 heteroatoms. The number of thiazole rings is 1. The van der Waals surface area contributed by atoms with Gasteiger partial charge in [-0.15, -0.1) is 11.3 Å². The Kier molecular flexibility index (Phi) is 3.81. The van der Waals surface area contributed by atoms with Crippen LogP contribution in [0.25, 0.3) is 17.2 Å². The number of nitriles is 1. The molecular weight excluding hydrogens is 298 g/mol. The minimum Gasteiger partial charge on any atom is -0.439 e. The van der Waals surface area contributed by atoms with Crippen molar-refractivity contribution in [2.75, 3.05) is 0 Å². The lowest BCUT2D eigenvalue weighted by Crippen LogP contribution is -2.08. The van der Waals surface area contributed by atoms with Crippen LogP contribution < -0.4 is 0 Å². The second-order valence-electron chi connectivity index (χ2n) is 4.61. The molecule has 1 aromatic carbocycles. The number of allylic oxidation sites excluding steroid dienone is 1. The molecule has 1 atom stereocenters. The summed E-state index contributed by atoms with van der Waals surface area (Å²) in [6, 6.07) is 9.10. The van der Waals surface area contributed by atoms with Crippen molar-refractivity contribution in [2.45, 2.75) is 12.8 Å². The average Bonchev–Trinajstić information content (AvgIpc) is 3.11. The highest BCUT2D eigenvalue weighted by atomic mass is 32.1. The molecule has 0 saturated carbocycles. The Morgan fingerprint density at radius 3 is 2.91 bits per heavy atom. The number of hydrogen-bond acceptors (Lipinski definition) is 6. The second kappa shape index (κ2) is 5.92. The quantitative estimate of drug-likeness (QED) is 0.689. The zero-order valence-electron chi connectivity index (χ0n) is 11.7. The summed E-state index contributed by atoms with van der Waals surface area (Å²) in [6.07, 6.45) is 2.94. The largest absolute Gasteiger partial charge is 0.439 e. The molecule has 5 nitrogen and oxygen atoms in total. The summed E-state index contributed by atoms with van der Waals surface area (Å²) in [5, 5.41) is 12.0. The first-order valence-corrected chi connectivity index (χ1v) is 7.44. The normalized spacial score (nSPS) is 12.5. The third-order valence-electron chi connectivity index (χ3n) is 3.03. The van der Waals surface area contributed by atoms with Crippen LogP contribution in [0.4, 0.5) is 0 Å². The van der Waals surface area contributed by atoms with E-state index in [-0.39, 0.29) is 11.7 Å². The molecule has 108 valence electrons. The molecular formula is C16H11N3O2S. The highest BCUT2D eigenvalue weighted by Crippen LogP contribution is 2.22. The van der Waals surface area contributed by atoms with E-state index in [0.29, 0.717) is 16.8 Å². The Morgan fingerprint density at radius 1 is 1.41 bits per heavy atom. The molecule has 2 aromatic heterocycles. The molecule has 0 unspecified atom stereocenters. The van der Waals surface area contributed by atoms with Crippen LogP contribution in [0.1, 0.15) is 22.5 Å². The number of aromatic nitrogens is 2. The Hall–Kier alpha value is -2.78. The summed E-state index contributed by atoms with van der Waals surface area (Å²) in [6.45, 7) is 1.89. The number of fused-ring (bicyclic) bond motifs is 1. The van der Waals surface area contributed by atoms with E-state index in [2.05, 4.69) is 9.97 Å². The van der Waals surface area contributed by atoms with Gasteiger partial charge >= 0.3 is 0 Å². The number of para-hydroxylation sites is 2. The van der Waals surface area contributed by atoms with E-state index >= 15 is 0 Å². The van der Waals surface area contributed by atoms with Gasteiger partial charge in [0.05, 0.1) is 16.8 Å². The zero-order valence-corrected chi connectivity index (χ0v) is 12.5. The topological polar surface area (TPSA) is 79.8 Å². The van der Waals surface area contributed by atoms with Gasteiger partial charge in [0, 0.05) is 5.38 Å². The molecule has 0 spiro atoms. The van der Waals surface area contributed by atoms with Crippen molar-refractivity contribution < 1.29 is 9.21 Å². The van der Waals surface area contributed by atoms with Crippen LogP contribution in [-0.4, -0.2) is 15.8 Å². The van der Waals surface area contributed by atoms with Crippen LogP contribution in [0.15, 0.2) is 40.1 Å². The third-order valence-corrected chi connectivity index (χ3v) is 3.82. The maximum Gasteiger partial charge on any atom is 0.220 e. The van der Waals surface area contributed by atoms with Crippen LogP contribution >= 0.6 is 11.3 Å². The number of benzene rings is 1. The summed E-state index contributed by atoms with van der Waals surface area (Å²) in [5.74, 6) is -1.31. The Labute approximate surface area is 130 Å². The van der Waals surface area contributed by atoms with E-state index in [1.165, 1.54) is 17.4 Å². The number of hydrogen-bond donors (Lipinski definition) is 0. The summed E-state index contributed by atoms with van der Waals surface area (Å²) >= 11 is 1.50. The molecule has 3 rings (SSSR count). The second-order valence-corrected chi connectivity index (χ2v) is 5.67. The first-order valence-electron chi connectivity index (χ1n) is 6.56. The van der Waals surface area contributed by atoms with Gasteiger partial charge in [0.1, 0.15) is 5.52 Å². The van der Waals surface area contributed by atoms with Gasteiger partial charge in [-0.3, -0.25) is 4.79 Å². The van der Waals surface area contributed by atoms with Crippen molar-refractivity contribution in [3.63, 3.8) is 0 Å². The molecule has 0 aliphatic carbocycles. The van der Waals surface area contributed by atoms with Gasteiger partial charge in [-0.1, -0.05) is 12.1 Å². The van der Waals surface area contributed by atoms with Crippen LogP contribution in [0.3, 0.4) is 0 Å². The standard InChI is InChI=1S/C16H11N3O2S/c1-10-18-11(9-22-10)6-7-14(20)12(8-17)16-19-13-4-2-3-5-15(13)21-16/h2-7,9,12H,1H3/b7-6+/t12-/m0/s1. The van der Waals surface area contributed by atoms with E-state index in [9.17, 15) is 10.1 Å². The minimum atomic E-state index is -1.05. The Balaban J connectivity index is 1.85. The van der Waals surface area contributed by atoms with Gasteiger partial charge in [-0.2, -0.15) is 5.26 Å². The fourth-order valence-corrected chi connectivity index (χ4v) is 2.56. The SMILES string of the molecule is Cc1nc(/C=C/C(=O)[C@H](C#N)c2nc3ccccc3o2)cs1. The molecule has 3 aromatic rings. The van der Waals surface area contributed by atoms with Gasteiger partial charge in [-0.25, -0.2) is 9.97 Å². The van der Waals surface area contributed by atoms with E-state index in [4.69, 9.17) is 4.42 Å². The van der Waals surface area contributed by atoms with Crippen molar-refractivity contribution in [1.29, 1.82) is 5.26 Å². The van der Waals surface area contributed by atoms with Gasteiger partial charge in [0.2, 0.25) is 5.89 Å². The van der Waals surface area contributed by atoms with E-state index in [1.54, 1.807) is 18.2 Å². The number of rotatable bonds is 4. The Morgan fingerprint density at radius 2 is 2.23 bits per heavy atom. The van der Waals surface area contributed by atoms with Gasteiger partial charge < -0.3 is 4.42 Å². The number of ketones is 1. The molecule has 0 N–H and O–H groups in total. The minimum absolute atomic E-state index is 0.118. The maximum atomic E-state index is 12.2. The highest BCUT2D eigenvalue weighted by molar-refractivity contribution is 7.09. The number of aryl methyl sites for hydroxylation is 1. The predicted octanol–water partition coefficient (Wildman–Crippen LogP) is 3.48. The molecule has 2 heterocycles. The van der Waals surface area contributed by atoms with Crippen molar-refractivity contribution in [1.82, 2.24) is 9.97 Å². The molecule has 22 heavy (non-hydrogen) atoms. The molecule has 0 bridgehead atoms. The van der Waals surface area contributed by atoms with Crippen LogP contribution in [0, 0.1) is 18.3 Å². The van der Waals surface area contributed by atoms with Crippen molar-refractivity contribution in [2.24, 2.45) is 0 Å². The van der Waals surface area contributed by atoms with Gasteiger partial charge in [0.25, 0.3) is 0 Å². The number of carbonyl (C=O) groups excluding carboxylic acids is 1. The maximum absolute atomic E-state index is 12.2. The van der Waals surface area contributed by atoms with Crippen molar-refractivity contribution >= 4 is 34.3 Å². The summed E-state index contributed by atoms with van der Waals surface area (Å²) in [4.78, 5) is 20.6. The van der Waals surface area contributed by atoms with Gasteiger partial charge in [-0.05, 0) is 31.2 Å². The molecule has 0 fully saturated rings. The smallest absolute Gasteiger partial charge is 0.220 e. The number of carbonyl (C=O) groups is 1. The lowest BCUT2D eigenvalue weighted by molar-refractivity contribution is -0.115.